The van der Waals surface area contributed by atoms with Crippen molar-refractivity contribution < 1.29 is 13.2 Å². The van der Waals surface area contributed by atoms with Crippen LogP contribution in [0.5, 0.6) is 0 Å². The van der Waals surface area contributed by atoms with Crippen LogP contribution >= 0.6 is 11.6 Å². The molecule has 132 valence electrons. The first kappa shape index (κ1) is 17.0. The van der Waals surface area contributed by atoms with E-state index >= 15 is 0 Å². The molecule has 2 N–H and O–H groups in total. The number of hydrogen-bond acceptors (Lipinski definition) is 4. The minimum Gasteiger partial charge on any atom is -0.324 e. The summed E-state index contributed by atoms with van der Waals surface area (Å²) >= 11 is 6.02. The normalized spacial score (nSPS) is 18.3. The Hall–Kier alpha value is -2.48. The Morgan fingerprint density at radius 3 is 2.85 bits per heavy atom. The van der Waals surface area contributed by atoms with Crippen LogP contribution < -0.4 is 10.0 Å². The molecule has 0 saturated carbocycles. The summed E-state index contributed by atoms with van der Waals surface area (Å²) in [6.07, 6.45) is 3.29. The lowest BCUT2D eigenvalue weighted by atomic mass is 9.97. The minimum atomic E-state index is -3.63. The van der Waals surface area contributed by atoms with Crippen LogP contribution in [0.1, 0.15) is 11.5 Å². The Morgan fingerprint density at radius 1 is 1.19 bits per heavy atom. The number of carbonyl (C=O) groups is 1. The number of nitrogens with one attached hydrogen (secondary N) is 2. The van der Waals surface area contributed by atoms with E-state index in [4.69, 9.17) is 11.6 Å². The predicted molar refractivity (Wildman–Crippen MR) is 99.8 cm³/mol. The highest BCUT2D eigenvalue weighted by Crippen LogP contribution is 2.32. The topological polar surface area (TPSA) is 88.2 Å². The number of carbonyl (C=O) groups excluding carboxylic acids is 1. The van der Waals surface area contributed by atoms with Crippen molar-refractivity contribution in [2.45, 2.75) is 10.8 Å². The van der Waals surface area contributed by atoms with Crippen molar-refractivity contribution in [2.24, 2.45) is 0 Å². The van der Waals surface area contributed by atoms with Gasteiger partial charge in [0, 0.05) is 28.5 Å². The number of amides is 1. The number of aromatic nitrogens is 1. The molecule has 2 aromatic carbocycles. The highest BCUT2D eigenvalue weighted by molar-refractivity contribution is 7.89. The lowest BCUT2D eigenvalue weighted by molar-refractivity contribution is -0.117. The van der Waals surface area contributed by atoms with E-state index < -0.39 is 15.9 Å². The summed E-state index contributed by atoms with van der Waals surface area (Å²) in [6.45, 7) is -0.0281. The van der Waals surface area contributed by atoms with Crippen LogP contribution in [-0.2, 0) is 14.8 Å². The summed E-state index contributed by atoms with van der Waals surface area (Å²) in [5.74, 6) is -1.01. The SMILES string of the molecule is O=C(Nc1cncc2ccccc12)[C@@H]1CNS(=O)(=O)c2ccc(Cl)cc21. The summed E-state index contributed by atoms with van der Waals surface area (Å²) in [4.78, 5) is 17.1. The van der Waals surface area contributed by atoms with Crippen molar-refractivity contribution in [1.82, 2.24) is 9.71 Å². The second-order valence-corrected chi connectivity index (χ2v) is 8.16. The fraction of sp³-hybridized carbons (Fsp3) is 0.111. The van der Waals surface area contributed by atoms with Crippen LogP contribution in [-0.4, -0.2) is 25.9 Å². The van der Waals surface area contributed by atoms with Gasteiger partial charge >= 0.3 is 0 Å². The molecular weight excluding hydrogens is 374 g/mol. The van der Waals surface area contributed by atoms with Crippen molar-refractivity contribution >= 4 is 44.0 Å². The van der Waals surface area contributed by atoms with E-state index in [1.165, 1.54) is 18.2 Å². The number of hydrogen-bond donors (Lipinski definition) is 2. The first-order chi connectivity index (χ1) is 12.5. The van der Waals surface area contributed by atoms with Gasteiger partial charge < -0.3 is 5.32 Å². The van der Waals surface area contributed by atoms with Gasteiger partial charge in [0.15, 0.2) is 0 Å². The van der Waals surface area contributed by atoms with Crippen LogP contribution in [0.25, 0.3) is 10.8 Å². The molecule has 2 heterocycles. The quantitative estimate of drug-likeness (QED) is 0.707. The van der Waals surface area contributed by atoms with Gasteiger partial charge in [-0.3, -0.25) is 9.78 Å². The standard InChI is InChI=1S/C18H14ClN3O3S/c19-12-5-6-17-14(7-12)15(9-21-26(17,24)25)18(23)22-16-10-20-8-11-3-1-2-4-13(11)16/h1-8,10,15,21H,9H2,(H,22,23)/t15-/m1/s1. The molecule has 0 aliphatic carbocycles. The highest BCUT2D eigenvalue weighted by atomic mass is 35.5. The number of nitrogens with zero attached hydrogens (tertiary/aromatic N) is 1. The second-order valence-electron chi connectivity index (χ2n) is 5.98. The Kier molecular flexibility index (Phi) is 4.14. The second kappa shape index (κ2) is 6.35. The lowest BCUT2D eigenvalue weighted by Crippen LogP contribution is -2.39. The summed E-state index contributed by atoms with van der Waals surface area (Å²) in [5.41, 5.74) is 0.965. The van der Waals surface area contributed by atoms with Crippen LogP contribution in [0.2, 0.25) is 5.02 Å². The molecule has 0 unspecified atom stereocenters. The first-order valence-electron chi connectivity index (χ1n) is 7.88. The Morgan fingerprint density at radius 2 is 2.00 bits per heavy atom. The van der Waals surface area contributed by atoms with Crippen molar-refractivity contribution in [3.05, 3.63) is 65.4 Å². The third kappa shape index (κ3) is 2.94. The molecule has 1 aliphatic rings. The smallest absolute Gasteiger partial charge is 0.240 e. The van der Waals surface area contributed by atoms with Gasteiger partial charge in [0.2, 0.25) is 15.9 Å². The fourth-order valence-electron chi connectivity index (χ4n) is 3.09. The predicted octanol–water partition coefficient (Wildman–Crippen LogP) is 2.90. The number of benzene rings is 2. The van der Waals surface area contributed by atoms with Gasteiger partial charge in [-0.15, -0.1) is 0 Å². The molecule has 6 nitrogen and oxygen atoms in total. The number of halogens is 1. The maximum Gasteiger partial charge on any atom is 0.240 e. The van der Waals surface area contributed by atoms with Gasteiger partial charge in [0.25, 0.3) is 0 Å². The monoisotopic (exact) mass is 387 g/mol. The molecule has 1 atom stereocenters. The molecule has 0 saturated heterocycles. The highest BCUT2D eigenvalue weighted by Gasteiger charge is 2.34. The number of anilines is 1. The van der Waals surface area contributed by atoms with Gasteiger partial charge in [0.05, 0.1) is 22.7 Å². The molecule has 4 rings (SSSR count). The molecule has 0 fully saturated rings. The Balaban J connectivity index is 1.72. The third-order valence-electron chi connectivity index (χ3n) is 4.36. The molecule has 0 spiro atoms. The van der Waals surface area contributed by atoms with Gasteiger partial charge in [-0.05, 0) is 23.8 Å². The van der Waals surface area contributed by atoms with Crippen LogP contribution in [0.15, 0.2) is 59.8 Å². The van der Waals surface area contributed by atoms with E-state index in [1.54, 1.807) is 12.4 Å². The lowest BCUT2D eigenvalue weighted by Gasteiger charge is -2.25. The number of sulfonamides is 1. The average molecular weight is 388 g/mol. The molecule has 1 aromatic heterocycles. The zero-order valence-corrected chi connectivity index (χ0v) is 15.0. The zero-order chi connectivity index (χ0) is 18.3. The van der Waals surface area contributed by atoms with E-state index in [-0.39, 0.29) is 17.3 Å². The Bertz CT molecular complexity index is 1130. The van der Waals surface area contributed by atoms with E-state index in [0.29, 0.717) is 16.3 Å². The molecule has 1 aliphatic heterocycles. The number of pyridine rings is 1. The molecule has 3 aromatic rings. The molecular formula is C18H14ClN3O3S. The van der Waals surface area contributed by atoms with E-state index in [9.17, 15) is 13.2 Å². The minimum absolute atomic E-state index is 0.0281. The first-order valence-corrected chi connectivity index (χ1v) is 9.74. The van der Waals surface area contributed by atoms with Gasteiger partial charge in [0.1, 0.15) is 0 Å². The molecule has 1 amide bonds. The maximum absolute atomic E-state index is 12.9. The van der Waals surface area contributed by atoms with E-state index in [2.05, 4.69) is 15.0 Å². The van der Waals surface area contributed by atoms with E-state index in [1.807, 2.05) is 24.3 Å². The fourth-order valence-corrected chi connectivity index (χ4v) is 4.57. The summed E-state index contributed by atoms with van der Waals surface area (Å²) < 4.78 is 26.8. The number of fused-ring (bicyclic) bond motifs is 2. The zero-order valence-electron chi connectivity index (χ0n) is 13.4. The summed E-state index contributed by atoms with van der Waals surface area (Å²) in [7, 11) is -3.63. The maximum atomic E-state index is 12.9. The van der Waals surface area contributed by atoms with Crippen molar-refractivity contribution in [3.63, 3.8) is 0 Å². The van der Waals surface area contributed by atoms with Crippen LogP contribution in [0.3, 0.4) is 0 Å². The van der Waals surface area contributed by atoms with Gasteiger partial charge in [-0.1, -0.05) is 35.9 Å². The van der Waals surface area contributed by atoms with Gasteiger partial charge in [-0.2, -0.15) is 0 Å². The molecule has 0 bridgehead atoms. The van der Waals surface area contributed by atoms with Crippen molar-refractivity contribution in [2.75, 3.05) is 11.9 Å². The van der Waals surface area contributed by atoms with Crippen molar-refractivity contribution in [1.29, 1.82) is 0 Å². The largest absolute Gasteiger partial charge is 0.324 e. The summed E-state index contributed by atoms with van der Waals surface area (Å²) in [6, 6.07) is 12.0. The number of rotatable bonds is 2. The van der Waals surface area contributed by atoms with Gasteiger partial charge in [-0.25, -0.2) is 13.1 Å². The summed E-state index contributed by atoms with van der Waals surface area (Å²) in [5, 5.41) is 5.00. The molecule has 26 heavy (non-hydrogen) atoms. The molecule has 8 heteroatoms. The van der Waals surface area contributed by atoms with E-state index in [0.717, 1.165) is 10.8 Å². The van der Waals surface area contributed by atoms with Crippen molar-refractivity contribution in [3.8, 4) is 0 Å². The van der Waals surface area contributed by atoms with Crippen LogP contribution in [0.4, 0.5) is 5.69 Å². The Labute approximate surface area is 155 Å². The average Bonchev–Trinajstić information content (AvgIpc) is 2.61. The third-order valence-corrected chi connectivity index (χ3v) is 6.09. The van der Waals surface area contributed by atoms with Crippen LogP contribution in [0, 0.1) is 0 Å². The molecule has 0 radical (unpaired) electrons.